The molecule has 0 bridgehead atoms. The monoisotopic (exact) mass is 307 g/mol. The SMILES string of the molecule is COC1(C(=O)O)CC(CCNC(=O)OCc2ccccc2)C1. The Morgan fingerprint density at radius 2 is 2.00 bits per heavy atom. The van der Waals surface area contributed by atoms with E-state index in [1.54, 1.807) is 0 Å². The number of rotatable bonds is 7. The molecule has 1 fully saturated rings. The number of amides is 1. The average Bonchev–Trinajstić information content (AvgIpc) is 2.48. The zero-order valence-electron chi connectivity index (χ0n) is 12.6. The van der Waals surface area contributed by atoms with Crippen LogP contribution in [-0.2, 0) is 20.9 Å². The number of carbonyl (C=O) groups is 2. The predicted molar refractivity (Wildman–Crippen MR) is 79.3 cm³/mol. The Balaban J connectivity index is 1.60. The van der Waals surface area contributed by atoms with Crippen LogP contribution in [0.25, 0.3) is 0 Å². The van der Waals surface area contributed by atoms with Gasteiger partial charge in [-0.1, -0.05) is 30.3 Å². The summed E-state index contributed by atoms with van der Waals surface area (Å²) in [6.07, 6.45) is 1.23. The minimum atomic E-state index is -1.03. The quantitative estimate of drug-likeness (QED) is 0.806. The van der Waals surface area contributed by atoms with E-state index in [0.29, 0.717) is 19.4 Å². The molecule has 1 amide bonds. The van der Waals surface area contributed by atoms with E-state index < -0.39 is 17.7 Å². The number of hydrogen-bond donors (Lipinski definition) is 2. The molecule has 0 spiro atoms. The highest BCUT2D eigenvalue weighted by atomic mass is 16.5. The minimum absolute atomic E-state index is 0.238. The third-order valence-corrected chi connectivity index (χ3v) is 4.05. The molecule has 0 aromatic heterocycles. The van der Waals surface area contributed by atoms with E-state index in [0.717, 1.165) is 12.0 Å². The first kappa shape index (κ1) is 16.3. The Bertz CT molecular complexity index is 511. The Morgan fingerprint density at radius 1 is 1.32 bits per heavy atom. The van der Waals surface area contributed by atoms with Gasteiger partial charge in [0, 0.05) is 13.7 Å². The van der Waals surface area contributed by atoms with E-state index >= 15 is 0 Å². The number of benzene rings is 1. The lowest BCUT2D eigenvalue weighted by atomic mass is 9.69. The first-order chi connectivity index (χ1) is 10.6. The standard InChI is InChI=1S/C16H21NO5/c1-21-16(14(18)19)9-13(10-16)7-8-17-15(20)22-11-12-5-3-2-4-6-12/h2-6,13H,7-11H2,1H3,(H,17,20)(H,18,19). The number of carboxylic acid groups (broad SMARTS) is 1. The van der Waals surface area contributed by atoms with Gasteiger partial charge in [-0.05, 0) is 30.7 Å². The fourth-order valence-electron chi connectivity index (χ4n) is 2.66. The summed E-state index contributed by atoms with van der Waals surface area (Å²) in [6.45, 7) is 0.708. The molecule has 0 unspecified atom stereocenters. The van der Waals surface area contributed by atoms with Gasteiger partial charge in [0.05, 0.1) is 0 Å². The maximum Gasteiger partial charge on any atom is 0.407 e. The van der Waals surface area contributed by atoms with Crippen LogP contribution in [0.15, 0.2) is 30.3 Å². The fourth-order valence-corrected chi connectivity index (χ4v) is 2.66. The van der Waals surface area contributed by atoms with Crippen molar-refractivity contribution in [2.45, 2.75) is 31.5 Å². The maximum absolute atomic E-state index is 11.5. The number of aliphatic carboxylic acids is 1. The highest BCUT2D eigenvalue weighted by molar-refractivity contribution is 5.78. The molecule has 1 aromatic carbocycles. The van der Waals surface area contributed by atoms with Crippen LogP contribution in [0.4, 0.5) is 4.79 Å². The Morgan fingerprint density at radius 3 is 2.59 bits per heavy atom. The Kier molecular flexibility index (Phi) is 5.38. The molecule has 120 valence electrons. The first-order valence-electron chi connectivity index (χ1n) is 7.29. The minimum Gasteiger partial charge on any atom is -0.479 e. The molecule has 0 aliphatic heterocycles. The van der Waals surface area contributed by atoms with Gasteiger partial charge in [-0.2, -0.15) is 0 Å². The molecule has 6 nitrogen and oxygen atoms in total. The molecule has 1 aromatic rings. The van der Waals surface area contributed by atoms with E-state index in [2.05, 4.69) is 5.32 Å². The number of ether oxygens (including phenoxy) is 2. The molecule has 6 heteroatoms. The van der Waals surface area contributed by atoms with Gasteiger partial charge < -0.3 is 19.9 Å². The molecule has 0 heterocycles. The molecule has 1 saturated carbocycles. The van der Waals surface area contributed by atoms with Crippen LogP contribution in [0.5, 0.6) is 0 Å². The lowest BCUT2D eigenvalue weighted by Crippen LogP contribution is -2.52. The summed E-state index contributed by atoms with van der Waals surface area (Å²) < 4.78 is 10.2. The van der Waals surface area contributed by atoms with E-state index in [1.807, 2.05) is 30.3 Å². The number of carbonyl (C=O) groups excluding carboxylic acids is 1. The van der Waals surface area contributed by atoms with Crippen molar-refractivity contribution in [1.29, 1.82) is 0 Å². The van der Waals surface area contributed by atoms with Crippen LogP contribution in [0.2, 0.25) is 0 Å². The van der Waals surface area contributed by atoms with Crippen molar-refractivity contribution in [3.63, 3.8) is 0 Å². The highest BCUT2D eigenvalue weighted by Gasteiger charge is 2.50. The van der Waals surface area contributed by atoms with Crippen LogP contribution in [0.3, 0.4) is 0 Å². The molecule has 1 aliphatic rings. The van der Waals surface area contributed by atoms with Crippen molar-refractivity contribution in [2.24, 2.45) is 5.92 Å². The lowest BCUT2D eigenvalue weighted by molar-refractivity contribution is -0.181. The predicted octanol–water partition coefficient (Wildman–Crippen LogP) is 2.18. The van der Waals surface area contributed by atoms with E-state index in [9.17, 15) is 9.59 Å². The van der Waals surface area contributed by atoms with Gasteiger partial charge in [0.1, 0.15) is 6.61 Å². The zero-order chi connectivity index (χ0) is 16.0. The Hall–Kier alpha value is -2.08. The van der Waals surface area contributed by atoms with Crippen molar-refractivity contribution >= 4 is 12.1 Å². The van der Waals surface area contributed by atoms with E-state index in [4.69, 9.17) is 14.6 Å². The molecule has 0 radical (unpaired) electrons. The second kappa shape index (κ2) is 7.26. The van der Waals surface area contributed by atoms with Crippen LogP contribution in [0.1, 0.15) is 24.8 Å². The summed E-state index contributed by atoms with van der Waals surface area (Å²) in [6, 6.07) is 9.45. The molecule has 2 N–H and O–H groups in total. The third kappa shape index (κ3) is 3.98. The molecular weight excluding hydrogens is 286 g/mol. The van der Waals surface area contributed by atoms with Crippen molar-refractivity contribution in [3.05, 3.63) is 35.9 Å². The molecule has 2 rings (SSSR count). The zero-order valence-corrected chi connectivity index (χ0v) is 12.6. The van der Waals surface area contributed by atoms with Crippen LogP contribution >= 0.6 is 0 Å². The number of alkyl carbamates (subject to hydrolysis) is 1. The molecule has 1 aliphatic carbocycles. The maximum atomic E-state index is 11.5. The largest absolute Gasteiger partial charge is 0.479 e. The van der Waals surface area contributed by atoms with Gasteiger partial charge in [-0.25, -0.2) is 9.59 Å². The van der Waals surface area contributed by atoms with Gasteiger partial charge in [0.2, 0.25) is 0 Å². The smallest absolute Gasteiger partial charge is 0.407 e. The Labute approximate surface area is 129 Å². The molecular formula is C16H21NO5. The second-order valence-corrected chi connectivity index (χ2v) is 5.56. The van der Waals surface area contributed by atoms with Gasteiger partial charge >= 0.3 is 12.1 Å². The summed E-state index contributed by atoms with van der Waals surface area (Å²) in [4.78, 5) is 22.6. The first-order valence-corrected chi connectivity index (χ1v) is 7.29. The summed E-state index contributed by atoms with van der Waals surface area (Å²) >= 11 is 0. The number of methoxy groups -OCH3 is 1. The number of nitrogens with one attached hydrogen (secondary N) is 1. The average molecular weight is 307 g/mol. The summed E-state index contributed by atoms with van der Waals surface area (Å²) in [5, 5.41) is 11.8. The topological polar surface area (TPSA) is 84.9 Å². The highest BCUT2D eigenvalue weighted by Crippen LogP contribution is 2.42. The van der Waals surface area contributed by atoms with Crippen molar-refractivity contribution in [1.82, 2.24) is 5.32 Å². The van der Waals surface area contributed by atoms with Gasteiger partial charge in [-0.3, -0.25) is 0 Å². The van der Waals surface area contributed by atoms with Gasteiger partial charge in [0.25, 0.3) is 0 Å². The number of carboxylic acids is 1. The third-order valence-electron chi connectivity index (χ3n) is 4.05. The lowest BCUT2D eigenvalue weighted by Gasteiger charge is -2.43. The van der Waals surface area contributed by atoms with Gasteiger partial charge in [0.15, 0.2) is 5.60 Å². The second-order valence-electron chi connectivity index (χ2n) is 5.56. The summed E-state index contributed by atoms with van der Waals surface area (Å²) in [5.41, 5.74) is -0.0960. The molecule has 0 atom stereocenters. The normalized spacial score (nSPS) is 23.4. The van der Waals surface area contributed by atoms with E-state index in [-0.39, 0.29) is 12.5 Å². The molecule has 22 heavy (non-hydrogen) atoms. The van der Waals surface area contributed by atoms with Crippen LogP contribution < -0.4 is 5.32 Å². The number of hydrogen-bond acceptors (Lipinski definition) is 4. The van der Waals surface area contributed by atoms with Crippen molar-refractivity contribution in [2.75, 3.05) is 13.7 Å². The summed E-state index contributed by atoms with van der Waals surface area (Å²) in [5.74, 6) is -0.660. The molecule has 0 saturated heterocycles. The van der Waals surface area contributed by atoms with Crippen LogP contribution in [-0.4, -0.2) is 36.4 Å². The van der Waals surface area contributed by atoms with E-state index in [1.165, 1.54) is 7.11 Å². The summed E-state index contributed by atoms with van der Waals surface area (Å²) in [7, 11) is 1.42. The van der Waals surface area contributed by atoms with Crippen LogP contribution in [0, 0.1) is 5.92 Å². The van der Waals surface area contributed by atoms with Crippen molar-refractivity contribution in [3.8, 4) is 0 Å². The fraction of sp³-hybridized carbons (Fsp3) is 0.500. The van der Waals surface area contributed by atoms with Gasteiger partial charge in [-0.15, -0.1) is 0 Å². The van der Waals surface area contributed by atoms with Crippen molar-refractivity contribution < 1.29 is 24.2 Å².